The van der Waals surface area contributed by atoms with Crippen LogP contribution in [0.25, 0.3) is 0 Å². The van der Waals surface area contributed by atoms with E-state index < -0.39 is 37.5 Å². The fourth-order valence-corrected chi connectivity index (χ4v) is 11.6. The zero-order valence-electron chi connectivity index (χ0n) is 31.5. The van der Waals surface area contributed by atoms with E-state index in [0.29, 0.717) is 70.2 Å². The molecule has 8 rings (SSSR count). The number of benzene rings is 4. The van der Waals surface area contributed by atoms with Crippen molar-refractivity contribution in [3.05, 3.63) is 152 Å². The summed E-state index contributed by atoms with van der Waals surface area (Å²) >= 11 is 14.7. The molecule has 0 aliphatic carbocycles. The fraction of sp³-hybridized carbons (Fsp3) is 0.250. The van der Waals surface area contributed by atoms with Crippen LogP contribution < -0.4 is 9.80 Å². The van der Waals surface area contributed by atoms with Gasteiger partial charge >= 0.3 is 0 Å². The van der Waals surface area contributed by atoms with Crippen LogP contribution in [0.4, 0.5) is 27.8 Å². The normalized spacial score (nSPS) is 15.5. The van der Waals surface area contributed by atoms with Gasteiger partial charge in [-0.2, -0.15) is 8.61 Å². The van der Waals surface area contributed by atoms with Crippen molar-refractivity contribution in [2.75, 3.05) is 62.2 Å². The highest BCUT2D eigenvalue weighted by molar-refractivity contribution is 7.89. The lowest BCUT2D eigenvalue weighted by atomic mass is 10.1. The van der Waals surface area contributed by atoms with E-state index in [1.165, 1.54) is 73.7 Å². The number of halogens is 6. The maximum Gasteiger partial charge on any atom is 0.243 e. The number of rotatable bonds is 10. The zero-order chi connectivity index (χ0) is 42.6. The largest absolute Gasteiger partial charge is 0.345 e. The summed E-state index contributed by atoms with van der Waals surface area (Å²) in [5, 5.41) is 5.90. The number of nitrogens with zero attached hydrogens (tertiary/aromatic N) is 6. The maximum absolute atomic E-state index is 13.5. The molecular formula is C40H36Cl2F4N6O4S4. The lowest BCUT2D eigenvalue weighted by Gasteiger charge is -2.33. The summed E-state index contributed by atoms with van der Waals surface area (Å²) in [4.78, 5) is 13.5. The van der Waals surface area contributed by atoms with Crippen molar-refractivity contribution >= 4 is 76.2 Å². The summed E-state index contributed by atoms with van der Waals surface area (Å²) < 4.78 is 107. The molecule has 6 aromatic rings. The van der Waals surface area contributed by atoms with Crippen LogP contribution in [0.5, 0.6) is 0 Å². The molecule has 2 aliphatic rings. The topological polar surface area (TPSA) is 107 Å². The van der Waals surface area contributed by atoms with E-state index in [1.54, 1.807) is 18.2 Å². The van der Waals surface area contributed by atoms with Crippen LogP contribution in [0, 0.1) is 23.3 Å². The third kappa shape index (κ3) is 10.7. The summed E-state index contributed by atoms with van der Waals surface area (Å²) in [5.41, 5.74) is 3.26. The molecule has 4 aromatic carbocycles. The number of sulfonamides is 2. The zero-order valence-corrected chi connectivity index (χ0v) is 36.3. The van der Waals surface area contributed by atoms with Gasteiger partial charge < -0.3 is 9.80 Å². The number of anilines is 2. The minimum Gasteiger partial charge on any atom is -0.345 e. The van der Waals surface area contributed by atoms with Crippen molar-refractivity contribution < 1.29 is 34.4 Å². The van der Waals surface area contributed by atoms with E-state index in [-0.39, 0.29) is 20.6 Å². The highest BCUT2D eigenvalue weighted by atomic mass is 35.5. The van der Waals surface area contributed by atoms with Gasteiger partial charge in [-0.3, -0.25) is 0 Å². The minimum atomic E-state index is -3.65. The Hall–Kier alpha value is -4.14. The number of hydrogen-bond acceptors (Lipinski definition) is 10. The van der Waals surface area contributed by atoms with Gasteiger partial charge in [0, 0.05) is 81.0 Å². The van der Waals surface area contributed by atoms with E-state index in [9.17, 15) is 34.4 Å². The average molecular weight is 940 g/mol. The predicted molar refractivity (Wildman–Crippen MR) is 227 cm³/mol. The lowest BCUT2D eigenvalue weighted by molar-refractivity contribution is 0.384. The maximum atomic E-state index is 13.5. The van der Waals surface area contributed by atoms with Crippen molar-refractivity contribution in [3.63, 3.8) is 0 Å². The molecule has 0 bridgehead atoms. The van der Waals surface area contributed by atoms with Crippen LogP contribution in [0.3, 0.4) is 0 Å². The molecule has 2 saturated heterocycles. The van der Waals surface area contributed by atoms with E-state index >= 15 is 0 Å². The highest BCUT2D eigenvalue weighted by Crippen LogP contribution is 2.28. The summed E-state index contributed by atoms with van der Waals surface area (Å²) in [6.07, 6.45) is 1.00. The van der Waals surface area contributed by atoms with Gasteiger partial charge in [0.05, 0.1) is 26.2 Å². The Kier molecular flexibility index (Phi) is 13.8. The molecule has 0 spiro atoms. The second kappa shape index (κ2) is 18.9. The third-order valence-corrected chi connectivity index (χ3v) is 15.9. The number of aromatic nitrogens is 2. The number of thiazole rings is 2. The van der Waals surface area contributed by atoms with Crippen LogP contribution in [0.1, 0.15) is 22.5 Å². The van der Waals surface area contributed by atoms with E-state index in [0.717, 1.165) is 57.0 Å². The summed E-state index contributed by atoms with van der Waals surface area (Å²) in [6, 6.07) is 18.7. The molecule has 0 atom stereocenters. The van der Waals surface area contributed by atoms with Gasteiger partial charge in [-0.05, 0) is 90.0 Å². The van der Waals surface area contributed by atoms with Gasteiger partial charge in [-0.15, -0.1) is 22.7 Å². The fourth-order valence-electron chi connectivity index (χ4n) is 6.58. The predicted octanol–water partition coefficient (Wildman–Crippen LogP) is 8.35. The number of hydrogen-bond donors (Lipinski definition) is 0. The van der Waals surface area contributed by atoms with Gasteiger partial charge in [0.25, 0.3) is 0 Å². The molecule has 20 heteroatoms. The molecule has 316 valence electrons. The molecule has 10 nitrogen and oxygen atoms in total. The minimum absolute atomic E-state index is 0.0847. The van der Waals surface area contributed by atoms with Crippen molar-refractivity contribution in [3.8, 4) is 0 Å². The molecule has 0 radical (unpaired) electrons. The SMILES string of the molecule is O=S(=O)(c1ccc(F)cc1)N1CCN(c2nc(Cc3cc(F)cc(Cl)c3)cs2)CC1.O=S(=O)(c1ccc(F)cc1)N1CCN(c2nc(Cc3ccc(F)c(Cl)c3)cs2)CC1. The Labute approximate surface area is 363 Å². The molecule has 0 unspecified atom stereocenters. The van der Waals surface area contributed by atoms with E-state index in [4.69, 9.17) is 23.2 Å². The molecule has 0 amide bonds. The van der Waals surface area contributed by atoms with Gasteiger partial charge in [0.2, 0.25) is 20.0 Å². The Bertz CT molecular complexity index is 2640. The highest BCUT2D eigenvalue weighted by Gasteiger charge is 2.31. The monoisotopic (exact) mass is 938 g/mol. The van der Waals surface area contributed by atoms with Gasteiger partial charge in [0.1, 0.15) is 23.3 Å². The second-order valence-electron chi connectivity index (χ2n) is 13.8. The molecular weight excluding hydrogens is 904 g/mol. The summed E-state index contributed by atoms with van der Waals surface area (Å²) in [7, 11) is -7.30. The lowest BCUT2D eigenvalue weighted by Crippen LogP contribution is -2.48. The first-order valence-corrected chi connectivity index (χ1v) is 23.8. The molecule has 2 aromatic heterocycles. The van der Waals surface area contributed by atoms with Crippen molar-refractivity contribution in [1.29, 1.82) is 0 Å². The Balaban J connectivity index is 0.000000181. The summed E-state index contributed by atoms with van der Waals surface area (Å²) in [6.45, 7) is 3.29. The Morgan fingerprint density at radius 1 is 0.533 bits per heavy atom. The Morgan fingerprint density at radius 3 is 1.42 bits per heavy atom. The van der Waals surface area contributed by atoms with Crippen LogP contribution in [-0.4, -0.2) is 87.8 Å². The first kappa shape index (κ1) is 43.9. The first-order chi connectivity index (χ1) is 28.6. The summed E-state index contributed by atoms with van der Waals surface area (Å²) in [5.74, 6) is -1.78. The average Bonchev–Trinajstić information content (AvgIpc) is 3.90. The molecule has 2 aliphatic heterocycles. The molecule has 0 saturated carbocycles. The van der Waals surface area contributed by atoms with Gasteiger partial charge in [-0.1, -0.05) is 29.3 Å². The molecule has 2 fully saturated rings. The van der Waals surface area contributed by atoms with Crippen LogP contribution in [0.2, 0.25) is 10.0 Å². The second-order valence-corrected chi connectivity index (χ2v) is 20.2. The van der Waals surface area contributed by atoms with Crippen molar-refractivity contribution in [2.45, 2.75) is 22.6 Å². The quantitative estimate of drug-likeness (QED) is 0.126. The van der Waals surface area contributed by atoms with Gasteiger partial charge in [0.15, 0.2) is 10.3 Å². The third-order valence-electron chi connectivity index (χ3n) is 9.68. The van der Waals surface area contributed by atoms with Crippen LogP contribution in [-0.2, 0) is 32.9 Å². The molecule has 0 N–H and O–H groups in total. The smallest absolute Gasteiger partial charge is 0.243 e. The molecule has 4 heterocycles. The van der Waals surface area contributed by atoms with Crippen molar-refractivity contribution in [2.24, 2.45) is 0 Å². The Morgan fingerprint density at radius 2 is 0.983 bits per heavy atom. The number of piperazine rings is 2. The standard InChI is InChI=1S/2C20H18ClF2N3O2S2/c21-18-12-14(1-6-19(18)23)11-16-13-29-20(24-16)25-7-9-26(10-8-25)30(27,28)17-4-2-15(22)3-5-17;21-15-9-14(10-17(23)12-15)11-18-13-29-20(24-18)25-5-7-26(8-6-25)30(27,28)19-3-1-16(22)2-4-19/h1-6,12-13H,7-11H2;1-4,9-10,12-13H,5-8,11H2. The molecule has 60 heavy (non-hydrogen) atoms. The van der Waals surface area contributed by atoms with Crippen LogP contribution in [0.15, 0.2) is 105 Å². The first-order valence-electron chi connectivity index (χ1n) is 18.4. The van der Waals surface area contributed by atoms with E-state index in [1.807, 2.05) is 20.6 Å². The van der Waals surface area contributed by atoms with Crippen LogP contribution >= 0.6 is 45.9 Å². The van der Waals surface area contributed by atoms with E-state index in [2.05, 4.69) is 9.97 Å². The van der Waals surface area contributed by atoms with Gasteiger partial charge in [-0.25, -0.2) is 44.4 Å². The van der Waals surface area contributed by atoms with Crippen molar-refractivity contribution in [1.82, 2.24) is 18.6 Å².